The molecule has 0 aliphatic carbocycles. The number of pyridine rings is 1. The van der Waals surface area contributed by atoms with Crippen LogP contribution >= 0.6 is 0 Å². The van der Waals surface area contributed by atoms with E-state index in [2.05, 4.69) is 32.4 Å². The van der Waals surface area contributed by atoms with E-state index in [1.165, 1.54) is 5.56 Å². The number of aromatic nitrogens is 5. The first-order valence-electron chi connectivity index (χ1n) is 11.2. The van der Waals surface area contributed by atoms with E-state index in [1.807, 2.05) is 48.0 Å². The van der Waals surface area contributed by atoms with Crippen molar-refractivity contribution in [3.05, 3.63) is 94.9 Å². The van der Waals surface area contributed by atoms with E-state index in [0.717, 1.165) is 35.1 Å². The molecule has 8 heteroatoms. The van der Waals surface area contributed by atoms with Crippen LogP contribution in [0, 0.1) is 6.92 Å². The molecule has 5 rings (SSSR count). The lowest BCUT2D eigenvalue weighted by Gasteiger charge is -2.19. The van der Waals surface area contributed by atoms with Crippen LogP contribution in [-0.4, -0.2) is 42.3 Å². The predicted molar refractivity (Wildman–Crippen MR) is 133 cm³/mol. The molecule has 172 valence electrons. The maximum Gasteiger partial charge on any atom is 0.261 e. The molecule has 0 fully saturated rings. The lowest BCUT2D eigenvalue weighted by molar-refractivity contribution is 0.269. The monoisotopic (exact) mass is 454 g/mol. The topological polar surface area (TPSA) is 112 Å². The average Bonchev–Trinajstić information content (AvgIpc) is 3.53. The fourth-order valence-corrected chi connectivity index (χ4v) is 4.20. The van der Waals surface area contributed by atoms with Gasteiger partial charge in [0.1, 0.15) is 11.4 Å². The molecule has 3 heterocycles. The number of hydrogen-bond donors (Lipinski definition) is 4. The molecule has 0 radical (unpaired) electrons. The number of anilines is 1. The largest absolute Gasteiger partial charge is 0.394 e. The van der Waals surface area contributed by atoms with E-state index >= 15 is 0 Å². The number of benzene rings is 2. The number of aliphatic hydroxyl groups excluding tert-OH is 1. The van der Waals surface area contributed by atoms with Gasteiger partial charge < -0.3 is 25.0 Å². The molecule has 4 N–H and O–H groups in total. The maximum atomic E-state index is 12.9. The first-order valence-corrected chi connectivity index (χ1v) is 11.2. The third kappa shape index (κ3) is 4.35. The Morgan fingerprint density at radius 2 is 2.03 bits per heavy atom. The van der Waals surface area contributed by atoms with Crippen LogP contribution in [-0.2, 0) is 6.42 Å². The van der Waals surface area contributed by atoms with Crippen LogP contribution in [0.1, 0.15) is 17.5 Å². The number of rotatable bonds is 8. The third-order valence-electron chi connectivity index (χ3n) is 5.97. The van der Waals surface area contributed by atoms with E-state index < -0.39 is 0 Å². The first kappa shape index (κ1) is 21.7. The van der Waals surface area contributed by atoms with Gasteiger partial charge in [0.25, 0.3) is 5.56 Å². The molecule has 34 heavy (non-hydrogen) atoms. The van der Waals surface area contributed by atoms with Gasteiger partial charge >= 0.3 is 0 Å². The normalized spacial score (nSPS) is 12.2. The summed E-state index contributed by atoms with van der Waals surface area (Å²) in [6, 6.07) is 15.8. The molecule has 1 unspecified atom stereocenters. The summed E-state index contributed by atoms with van der Waals surface area (Å²) in [5.41, 5.74) is 5.57. The molecule has 8 nitrogen and oxygen atoms in total. The van der Waals surface area contributed by atoms with Gasteiger partial charge in [0.2, 0.25) is 0 Å². The van der Waals surface area contributed by atoms with Gasteiger partial charge in [-0.1, -0.05) is 30.3 Å². The molecule has 0 bridgehead atoms. The Balaban J connectivity index is 1.47. The molecule has 1 atom stereocenters. The van der Waals surface area contributed by atoms with Gasteiger partial charge in [0.15, 0.2) is 0 Å². The average molecular weight is 455 g/mol. The Labute approximate surface area is 196 Å². The summed E-state index contributed by atoms with van der Waals surface area (Å²) in [6.07, 6.45) is 8.50. The van der Waals surface area contributed by atoms with Crippen molar-refractivity contribution in [1.29, 1.82) is 0 Å². The summed E-state index contributed by atoms with van der Waals surface area (Å²) in [5, 5.41) is 13.3. The Bertz CT molecular complexity index is 1450. The van der Waals surface area contributed by atoms with Crippen molar-refractivity contribution in [2.24, 2.45) is 0 Å². The van der Waals surface area contributed by atoms with Gasteiger partial charge in [-0.05, 0) is 49.1 Å². The van der Waals surface area contributed by atoms with Crippen LogP contribution < -0.4 is 10.9 Å². The minimum Gasteiger partial charge on any atom is -0.394 e. The zero-order valence-corrected chi connectivity index (χ0v) is 18.8. The number of aliphatic hydroxyl groups is 1. The standard InChI is InChI=1S/C26H26N6O2/c1-17-13-20(32-12-11-27-16-32)14-22-24(17)31-25(30-22)23-21(9-10-28-26(23)34)29-19(15-33)8-7-18-5-3-2-4-6-18/h2-6,9-14,16,19,33H,7-8,15H2,1H3,(H,30,31)(H2,28,29,34). The molecule has 5 aromatic rings. The number of fused-ring (bicyclic) bond motifs is 1. The van der Waals surface area contributed by atoms with E-state index in [9.17, 15) is 9.90 Å². The fraction of sp³-hybridized carbons (Fsp3) is 0.192. The number of aromatic amines is 2. The molecule has 2 aromatic carbocycles. The van der Waals surface area contributed by atoms with E-state index in [0.29, 0.717) is 17.1 Å². The number of hydrogen-bond acceptors (Lipinski definition) is 5. The van der Waals surface area contributed by atoms with Gasteiger partial charge in [0.05, 0.1) is 29.7 Å². The molecular formula is C26H26N6O2. The Morgan fingerprint density at radius 3 is 2.79 bits per heavy atom. The fourth-order valence-electron chi connectivity index (χ4n) is 4.20. The second-order valence-corrected chi connectivity index (χ2v) is 8.36. The number of imidazole rings is 2. The van der Waals surface area contributed by atoms with E-state index in [4.69, 9.17) is 4.98 Å². The maximum absolute atomic E-state index is 12.9. The number of aryl methyl sites for hydroxylation is 2. The first-order chi connectivity index (χ1) is 16.6. The second-order valence-electron chi connectivity index (χ2n) is 8.36. The predicted octanol–water partition coefficient (Wildman–Crippen LogP) is 3.82. The van der Waals surface area contributed by atoms with Crippen LogP contribution in [0.15, 0.2) is 78.2 Å². The molecule has 0 spiro atoms. The van der Waals surface area contributed by atoms with E-state index in [1.54, 1.807) is 24.8 Å². The molecule has 3 aromatic heterocycles. The minimum absolute atomic E-state index is 0.0490. The highest BCUT2D eigenvalue weighted by Gasteiger charge is 2.18. The number of nitrogens with zero attached hydrogens (tertiary/aromatic N) is 3. The SMILES string of the molecule is Cc1cc(-n2ccnc2)cc2[nH]c(-c3c(NC(CO)CCc4ccccc4)cc[nH]c3=O)nc12. The van der Waals surface area contributed by atoms with Crippen LogP contribution in [0.4, 0.5) is 5.69 Å². The summed E-state index contributed by atoms with van der Waals surface area (Å²) in [4.78, 5) is 27.8. The molecule has 0 saturated heterocycles. The van der Waals surface area contributed by atoms with Crippen molar-refractivity contribution in [3.8, 4) is 17.1 Å². The summed E-state index contributed by atoms with van der Waals surface area (Å²) in [6.45, 7) is 1.94. The molecule has 0 aliphatic heterocycles. The zero-order valence-electron chi connectivity index (χ0n) is 18.8. The lowest BCUT2D eigenvalue weighted by atomic mass is 10.0. The van der Waals surface area contributed by atoms with E-state index in [-0.39, 0.29) is 18.2 Å². The number of H-pyrrole nitrogens is 2. The zero-order chi connectivity index (χ0) is 23.5. The van der Waals surface area contributed by atoms with Gasteiger partial charge in [-0.3, -0.25) is 4.79 Å². The summed E-state index contributed by atoms with van der Waals surface area (Å²) < 4.78 is 1.92. The van der Waals surface area contributed by atoms with Crippen molar-refractivity contribution >= 4 is 16.7 Å². The molecular weight excluding hydrogens is 428 g/mol. The van der Waals surface area contributed by atoms with Gasteiger partial charge in [-0.2, -0.15) is 0 Å². The Kier molecular flexibility index (Phi) is 5.97. The molecule has 0 aliphatic rings. The highest BCUT2D eigenvalue weighted by molar-refractivity contribution is 5.86. The van der Waals surface area contributed by atoms with Crippen LogP contribution in [0.2, 0.25) is 0 Å². The highest BCUT2D eigenvalue weighted by Crippen LogP contribution is 2.28. The smallest absolute Gasteiger partial charge is 0.261 e. The third-order valence-corrected chi connectivity index (χ3v) is 5.97. The van der Waals surface area contributed by atoms with Crippen LogP contribution in [0.3, 0.4) is 0 Å². The van der Waals surface area contributed by atoms with Crippen molar-refractivity contribution in [2.45, 2.75) is 25.8 Å². The van der Waals surface area contributed by atoms with Crippen LogP contribution in [0.25, 0.3) is 28.1 Å². The van der Waals surface area contributed by atoms with Crippen molar-refractivity contribution in [3.63, 3.8) is 0 Å². The highest BCUT2D eigenvalue weighted by atomic mass is 16.3. The summed E-state index contributed by atoms with van der Waals surface area (Å²) in [5.74, 6) is 0.477. The van der Waals surface area contributed by atoms with Gasteiger partial charge in [-0.25, -0.2) is 9.97 Å². The summed E-state index contributed by atoms with van der Waals surface area (Å²) in [7, 11) is 0. The second kappa shape index (κ2) is 9.36. The molecule has 0 saturated carbocycles. The molecule has 0 amide bonds. The van der Waals surface area contributed by atoms with Crippen molar-refractivity contribution in [1.82, 2.24) is 24.5 Å². The minimum atomic E-state index is -0.253. The number of nitrogens with one attached hydrogen (secondary N) is 3. The van der Waals surface area contributed by atoms with Gasteiger partial charge in [0, 0.05) is 30.3 Å². The lowest BCUT2D eigenvalue weighted by Crippen LogP contribution is -2.26. The Hall–Kier alpha value is -4.17. The summed E-state index contributed by atoms with van der Waals surface area (Å²) >= 11 is 0. The van der Waals surface area contributed by atoms with Crippen molar-refractivity contribution in [2.75, 3.05) is 11.9 Å². The van der Waals surface area contributed by atoms with Gasteiger partial charge in [-0.15, -0.1) is 0 Å². The van der Waals surface area contributed by atoms with Crippen LogP contribution in [0.5, 0.6) is 0 Å². The Morgan fingerprint density at radius 1 is 1.18 bits per heavy atom. The quantitative estimate of drug-likeness (QED) is 0.285. The van der Waals surface area contributed by atoms with Crippen molar-refractivity contribution < 1.29 is 5.11 Å².